The van der Waals surface area contributed by atoms with Gasteiger partial charge in [0.25, 0.3) is 0 Å². The van der Waals surface area contributed by atoms with E-state index in [-0.39, 0.29) is 4.75 Å². The average Bonchev–Trinajstić information content (AvgIpc) is 3.34. The zero-order valence-corrected chi connectivity index (χ0v) is 29.7. The molecule has 2 aromatic carbocycles. The van der Waals surface area contributed by atoms with Gasteiger partial charge in [0.2, 0.25) is 0 Å². The molecule has 244 valence electrons. The molecule has 46 heavy (non-hydrogen) atoms. The predicted molar refractivity (Wildman–Crippen MR) is 187 cm³/mol. The Bertz CT molecular complexity index is 1700. The molecule has 0 saturated carbocycles. The molecular weight excluding hydrogens is 595 g/mol. The highest BCUT2D eigenvalue weighted by atomic mass is 32.2. The molecule has 0 radical (unpaired) electrons. The Morgan fingerprint density at radius 1 is 0.978 bits per heavy atom. The number of fused-ring (bicyclic) bond motifs is 1. The SMILES string of the molecule is Cc1ccc(COc2ccc3c(c2)c(SC(C)(C)C)c(CC(C)(C)C(=O)O)n3Cc2ccc(B3OC(C)(C)C(C)(C)O3)cc2)nc1. The summed E-state index contributed by atoms with van der Waals surface area (Å²) in [5, 5.41) is 11.2. The van der Waals surface area contributed by atoms with E-state index >= 15 is 0 Å². The maximum absolute atomic E-state index is 12.4. The maximum Gasteiger partial charge on any atom is 0.494 e. The first-order chi connectivity index (χ1) is 21.3. The van der Waals surface area contributed by atoms with Crippen LogP contribution >= 0.6 is 11.8 Å². The van der Waals surface area contributed by atoms with Crippen LogP contribution in [-0.2, 0) is 33.7 Å². The molecule has 0 aliphatic carbocycles. The van der Waals surface area contributed by atoms with Crippen LogP contribution in [0.2, 0.25) is 0 Å². The van der Waals surface area contributed by atoms with Crippen LogP contribution in [0.25, 0.3) is 10.9 Å². The second kappa shape index (κ2) is 12.4. The minimum absolute atomic E-state index is 0.103. The molecule has 1 N–H and O–H groups in total. The van der Waals surface area contributed by atoms with Gasteiger partial charge in [0.1, 0.15) is 12.4 Å². The van der Waals surface area contributed by atoms with Crippen LogP contribution in [0.4, 0.5) is 0 Å². The number of pyridine rings is 1. The number of thioether (sulfide) groups is 1. The number of ether oxygens (including phenoxy) is 1. The quantitative estimate of drug-likeness (QED) is 0.140. The first-order valence-electron chi connectivity index (χ1n) is 15.9. The summed E-state index contributed by atoms with van der Waals surface area (Å²) >= 11 is 1.77. The largest absolute Gasteiger partial charge is 0.494 e. The standard InChI is InChI=1S/C37H47BN2O5S/c1-24-11-16-27(39-21-24)23-43-28-17-18-30-29(19-28)32(46-34(2,3)4)31(20-35(5,6)33(41)42)40(30)22-25-12-14-26(15-13-25)38-44-36(7,8)37(9,10)45-38/h11-19,21H,20,22-23H2,1-10H3,(H,41,42). The van der Waals surface area contributed by atoms with Gasteiger partial charge in [0.15, 0.2) is 0 Å². The van der Waals surface area contributed by atoms with E-state index in [2.05, 4.69) is 94.4 Å². The van der Waals surface area contributed by atoms with E-state index in [1.54, 1.807) is 25.6 Å². The Morgan fingerprint density at radius 3 is 2.20 bits per heavy atom. The van der Waals surface area contributed by atoms with Crippen molar-refractivity contribution in [1.82, 2.24) is 9.55 Å². The number of carboxylic acid groups (broad SMARTS) is 1. The van der Waals surface area contributed by atoms with Gasteiger partial charge in [0, 0.05) is 45.4 Å². The van der Waals surface area contributed by atoms with Crippen molar-refractivity contribution in [3.63, 3.8) is 0 Å². The van der Waals surface area contributed by atoms with Crippen LogP contribution in [0.3, 0.4) is 0 Å². The number of rotatable bonds is 10. The van der Waals surface area contributed by atoms with E-state index in [1.807, 2.05) is 31.3 Å². The lowest BCUT2D eigenvalue weighted by Gasteiger charge is -2.32. The smallest absolute Gasteiger partial charge is 0.487 e. The minimum Gasteiger partial charge on any atom is -0.487 e. The molecule has 5 rings (SSSR count). The zero-order chi connectivity index (χ0) is 33.7. The molecule has 0 unspecified atom stereocenters. The summed E-state index contributed by atoms with van der Waals surface area (Å²) in [5.41, 5.74) is 4.31. The third-order valence-corrected chi connectivity index (χ3v) is 10.2. The highest BCUT2D eigenvalue weighted by molar-refractivity contribution is 8.00. The number of hydrogen-bond donors (Lipinski definition) is 1. The van der Waals surface area contributed by atoms with Crippen LogP contribution in [-0.4, -0.2) is 43.7 Å². The number of hydrogen-bond acceptors (Lipinski definition) is 6. The van der Waals surface area contributed by atoms with Crippen molar-refractivity contribution in [3.8, 4) is 5.75 Å². The van der Waals surface area contributed by atoms with Gasteiger partial charge in [-0.2, -0.15) is 0 Å². The Balaban J connectivity index is 1.54. The molecule has 1 aliphatic rings. The Kier molecular flexibility index (Phi) is 9.19. The fourth-order valence-corrected chi connectivity index (χ4v) is 6.59. The number of aryl methyl sites for hydroxylation is 1. The molecule has 9 heteroatoms. The summed E-state index contributed by atoms with van der Waals surface area (Å²) < 4.78 is 21.0. The normalized spacial score (nSPS) is 16.3. The second-order valence-electron chi connectivity index (χ2n) is 15.1. The fraction of sp³-hybridized carbons (Fsp3) is 0.459. The summed E-state index contributed by atoms with van der Waals surface area (Å²) in [6, 6.07) is 18.6. The molecule has 0 bridgehead atoms. The van der Waals surface area contributed by atoms with Crippen LogP contribution in [0.5, 0.6) is 5.75 Å². The highest BCUT2D eigenvalue weighted by Crippen LogP contribution is 2.44. The third kappa shape index (κ3) is 7.32. The van der Waals surface area contributed by atoms with Gasteiger partial charge in [-0.3, -0.25) is 9.78 Å². The van der Waals surface area contributed by atoms with Crippen molar-refractivity contribution < 1.29 is 23.9 Å². The summed E-state index contributed by atoms with van der Waals surface area (Å²) in [7, 11) is -0.429. The molecule has 0 atom stereocenters. The summed E-state index contributed by atoms with van der Waals surface area (Å²) in [6.07, 6.45) is 2.23. The first kappa shape index (κ1) is 34.1. The van der Waals surface area contributed by atoms with Crippen LogP contribution < -0.4 is 10.2 Å². The number of carbonyl (C=O) groups is 1. The molecule has 1 fully saturated rings. The Labute approximate surface area is 278 Å². The van der Waals surface area contributed by atoms with Crippen molar-refractivity contribution in [1.29, 1.82) is 0 Å². The number of aromatic nitrogens is 2. The Hall–Kier alpha value is -3.27. The lowest BCUT2D eigenvalue weighted by atomic mass is 9.79. The number of nitrogens with zero attached hydrogens (tertiary/aromatic N) is 2. The van der Waals surface area contributed by atoms with Gasteiger partial charge >= 0.3 is 13.1 Å². The van der Waals surface area contributed by atoms with Gasteiger partial charge in [0.05, 0.1) is 22.3 Å². The second-order valence-corrected chi connectivity index (χ2v) is 16.9. The van der Waals surface area contributed by atoms with Gasteiger partial charge in [-0.1, -0.05) is 51.1 Å². The number of benzene rings is 2. The van der Waals surface area contributed by atoms with E-state index in [9.17, 15) is 9.90 Å². The summed E-state index contributed by atoms with van der Waals surface area (Å²) in [4.78, 5) is 18.0. The van der Waals surface area contributed by atoms with Crippen molar-refractivity contribution in [2.24, 2.45) is 5.41 Å². The highest BCUT2D eigenvalue weighted by Gasteiger charge is 2.51. The van der Waals surface area contributed by atoms with Crippen molar-refractivity contribution in [3.05, 3.63) is 83.3 Å². The van der Waals surface area contributed by atoms with E-state index in [1.165, 1.54) is 0 Å². The molecule has 4 aromatic rings. The molecule has 1 aliphatic heterocycles. The third-order valence-electron chi connectivity index (χ3n) is 8.89. The fourth-order valence-electron chi connectivity index (χ4n) is 5.40. The zero-order valence-electron chi connectivity index (χ0n) is 28.9. The molecule has 7 nitrogen and oxygen atoms in total. The molecular formula is C37H47BN2O5S. The molecule has 3 heterocycles. The number of aliphatic carboxylic acids is 1. The maximum atomic E-state index is 12.4. The van der Waals surface area contributed by atoms with Gasteiger partial charge in [-0.25, -0.2) is 0 Å². The number of carboxylic acids is 1. The van der Waals surface area contributed by atoms with E-state index < -0.39 is 29.7 Å². The first-order valence-corrected chi connectivity index (χ1v) is 16.7. The van der Waals surface area contributed by atoms with E-state index in [0.717, 1.165) is 49.5 Å². The minimum atomic E-state index is -0.962. The Morgan fingerprint density at radius 2 is 1.63 bits per heavy atom. The monoisotopic (exact) mass is 642 g/mol. The van der Waals surface area contributed by atoms with Crippen molar-refractivity contribution >= 4 is 41.2 Å². The average molecular weight is 643 g/mol. The molecule has 1 saturated heterocycles. The van der Waals surface area contributed by atoms with Gasteiger partial charge in [-0.05, 0) is 89.3 Å². The van der Waals surface area contributed by atoms with Crippen LogP contribution in [0, 0.1) is 12.3 Å². The molecule has 2 aromatic heterocycles. The van der Waals surface area contributed by atoms with Crippen molar-refractivity contribution in [2.45, 2.75) is 110 Å². The van der Waals surface area contributed by atoms with E-state index in [4.69, 9.17) is 14.0 Å². The van der Waals surface area contributed by atoms with Gasteiger partial charge < -0.3 is 23.7 Å². The lowest BCUT2D eigenvalue weighted by Crippen LogP contribution is -2.41. The molecule has 0 amide bonds. The molecule has 0 spiro atoms. The van der Waals surface area contributed by atoms with Crippen LogP contribution in [0.1, 0.15) is 84.8 Å². The van der Waals surface area contributed by atoms with E-state index in [0.29, 0.717) is 19.6 Å². The topological polar surface area (TPSA) is 82.8 Å². The van der Waals surface area contributed by atoms with Crippen molar-refractivity contribution in [2.75, 3.05) is 0 Å². The summed E-state index contributed by atoms with van der Waals surface area (Å²) in [5.74, 6) is -0.0732. The predicted octanol–water partition coefficient (Wildman–Crippen LogP) is 7.82. The van der Waals surface area contributed by atoms with Crippen LogP contribution in [0.15, 0.2) is 65.7 Å². The lowest BCUT2D eigenvalue weighted by molar-refractivity contribution is -0.146. The summed E-state index contributed by atoms with van der Waals surface area (Å²) in [6.45, 7) is 21.3. The van der Waals surface area contributed by atoms with Gasteiger partial charge in [-0.15, -0.1) is 11.8 Å².